The van der Waals surface area contributed by atoms with E-state index in [0.717, 1.165) is 17.7 Å². The summed E-state index contributed by atoms with van der Waals surface area (Å²) in [5, 5.41) is 11.4. The molecule has 0 aliphatic rings. The van der Waals surface area contributed by atoms with Gasteiger partial charge in [0.25, 0.3) is 0 Å². The molecule has 0 amide bonds. The van der Waals surface area contributed by atoms with Gasteiger partial charge in [-0.25, -0.2) is 9.78 Å². The number of halogens is 6. The molecule has 1 N–H and O–H groups in total. The minimum absolute atomic E-state index is 0.104. The lowest BCUT2D eigenvalue weighted by molar-refractivity contribution is -0.274. The summed E-state index contributed by atoms with van der Waals surface area (Å²) < 4.78 is 80.3. The van der Waals surface area contributed by atoms with Gasteiger partial charge in [0.1, 0.15) is 10.8 Å². The van der Waals surface area contributed by atoms with Gasteiger partial charge in [-0.15, -0.1) is 24.5 Å². The lowest BCUT2D eigenvalue weighted by Gasteiger charge is -2.17. The van der Waals surface area contributed by atoms with Crippen molar-refractivity contribution in [3.05, 3.63) is 105 Å². The van der Waals surface area contributed by atoms with E-state index >= 15 is 0 Å². The second kappa shape index (κ2) is 10.3. The Balaban J connectivity index is 1.66. The van der Waals surface area contributed by atoms with Gasteiger partial charge in [0.2, 0.25) is 0 Å². The zero-order valence-corrected chi connectivity index (χ0v) is 19.5. The molecule has 0 aliphatic heterocycles. The van der Waals surface area contributed by atoms with Crippen molar-refractivity contribution in [1.82, 2.24) is 4.98 Å². The highest BCUT2D eigenvalue weighted by Gasteiger charge is 2.31. The number of alkyl halides is 6. The third-order valence-corrected chi connectivity index (χ3v) is 6.44. The molecule has 4 rings (SSSR count). The van der Waals surface area contributed by atoms with E-state index in [0.29, 0.717) is 28.2 Å². The number of ether oxygens (including phenoxy) is 1. The van der Waals surface area contributed by atoms with Crippen molar-refractivity contribution in [3.8, 4) is 17.0 Å². The number of carbonyl (C=O) groups is 1. The maximum atomic E-state index is 12.9. The second-order valence-corrected chi connectivity index (χ2v) is 8.91. The number of thiazole rings is 1. The van der Waals surface area contributed by atoms with Crippen LogP contribution in [0.4, 0.5) is 26.3 Å². The SMILES string of the molecule is O=C(O)c1ccc(CC(c2ccc(OC(F)(F)F)cc2)c2nc(-c3ccc(C(F)(F)F)cc3)cs2)cc1. The van der Waals surface area contributed by atoms with Gasteiger partial charge in [0, 0.05) is 16.9 Å². The highest BCUT2D eigenvalue weighted by atomic mass is 32.1. The molecule has 4 nitrogen and oxygen atoms in total. The molecule has 11 heteroatoms. The van der Waals surface area contributed by atoms with E-state index in [1.165, 1.54) is 59.9 Å². The van der Waals surface area contributed by atoms with Crippen LogP contribution in [0.1, 0.15) is 38.0 Å². The number of carboxylic acids is 1. The molecule has 37 heavy (non-hydrogen) atoms. The monoisotopic (exact) mass is 537 g/mol. The Morgan fingerprint density at radius 3 is 2.05 bits per heavy atom. The Morgan fingerprint density at radius 2 is 1.51 bits per heavy atom. The van der Waals surface area contributed by atoms with E-state index in [1.807, 2.05) is 0 Å². The summed E-state index contributed by atoms with van der Waals surface area (Å²) in [4.78, 5) is 15.8. The molecule has 192 valence electrons. The molecule has 0 saturated carbocycles. The summed E-state index contributed by atoms with van der Waals surface area (Å²) in [5.41, 5.74) is 1.65. The Hall–Kier alpha value is -3.86. The van der Waals surface area contributed by atoms with Crippen LogP contribution in [0.25, 0.3) is 11.3 Å². The van der Waals surface area contributed by atoms with Crippen LogP contribution in [-0.4, -0.2) is 22.4 Å². The first-order chi connectivity index (χ1) is 17.4. The molecular weight excluding hydrogens is 520 g/mol. The first-order valence-corrected chi connectivity index (χ1v) is 11.6. The van der Waals surface area contributed by atoms with Crippen LogP contribution in [0.5, 0.6) is 5.75 Å². The molecule has 0 bridgehead atoms. The fourth-order valence-corrected chi connectivity index (χ4v) is 4.63. The van der Waals surface area contributed by atoms with Crippen LogP contribution < -0.4 is 4.74 Å². The Kier molecular flexibility index (Phi) is 7.26. The minimum atomic E-state index is -4.83. The zero-order valence-electron chi connectivity index (χ0n) is 18.7. The number of hydrogen-bond donors (Lipinski definition) is 1. The van der Waals surface area contributed by atoms with Gasteiger partial charge in [-0.2, -0.15) is 13.2 Å². The van der Waals surface area contributed by atoms with Crippen molar-refractivity contribution in [3.63, 3.8) is 0 Å². The maximum Gasteiger partial charge on any atom is 0.573 e. The summed E-state index contributed by atoms with van der Waals surface area (Å²) in [6, 6.07) is 16.1. The number of benzene rings is 3. The normalized spacial score (nSPS) is 12.8. The van der Waals surface area contributed by atoms with E-state index < -0.39 is 30.0 Å². The van der Waals surface area contributed by atoms with Crippen molar-refractivity contribution in [2.75, 3.05) is 0 Å². The second-order valence-electron chi connectivity index (χ2n) is 8.02. The van der Waals surface area contributed by atoms with Crippen LogP contribution >= 0.6 is 11.3 Å². The Labute approximate surface area is 210 Å². The van der Waals surface area contributed by atoms with Gasteiger partial charge in [-0.1, -0.05) is 36.4 Å². The molecule has 0 fully saturated rings. The summed E-state index contributed by atoms with van der Waals surface area (Å²) >= 11 is 1.26. The molecule has 1 unspecified atom stereocenters. The predicted octanol–water partition coefficient (Wildman–Crippen LogP) is 7.80. The summed E-state index contributed by atoms with van der Waals surface area (Å²) in [5.74, 6) is -1.89. The van der Waals surface area contributed by atoms with Crippen molar-refractivity contribution in [1.29, 1.82) is 0 Å². The molecule has 0 spiro atoms. The molecular formula is C26H17F6NO3S. The fourth-order valence-electron chi connectivity index (χ4n) is 3.68. The summed E-state index contributed by atoms with van der Waals surface area (Å²) in [7, 11) is 0. The number of nitrogens with zero attached hydrogens (tertiary/aromatic N) is 1. The lowest BCUT2D eigenvalue weighted by atomic mass is 9.92. The molecule has 3 aromatic carbocycles. The van der Waals surface area contributed by atoms with Gasteiger partial charge >= 0.3 is 18.5 Å². The Morgan fingerprint density at radius 1 is 0.892 bits per heavy atom. The molecule has 0 radical (unpaired) electrons. The van der Waals surface area contributed by atoms with Crippen LogP contribution in [0.15, 0.2) is 78.2 Å². The van der Waals surface area contributed by atoms with E-state index in [1.54, 1.807) is 17.5 Å². The van der Waals surface area contributed by atoms with Crippen LogP contribution in [0, 0.1) is 0 Å². The fraction of sp³-hybridized carbons (Fsp3) is 0.154. The van der Waals surface area contributed by atoms with Crippen molar-refractivity contribution >= 4 is 17.3 Å². The molecule has 1 atom stereocenters. The third kappa shape index (κ3) is 6.67. The van der Waals surface area contributed by atoms with E-state index in [-0.39, 0.29) is 11.3 Å². The summed E-state index contributed by atoms with van der Waals surface area (Å²) in [6.45, 7) is 0. The van der Waals surface area contributed by atoms with Crippen molar-refractivity contribution in [2.24, 2.45) is 0 Å². The minimum Gasteiger partial charge on any atom is -0.478 e. The van der Waals surface area contributed by atoms with E-state index in [2.05, 4.69) is 9.72 Å². The maximum absolute atomic E-state index is 12.9. The first kappa shape index (κ1) is 26.2. The third-order valence-electron chi connectivity index (χ3n) is 5.48. The molecule has 0 saturated heterocycles. The molecule has 1 aromatic heterocycles. The van der Waals surface area contributed by atoms with Crippen molar-refractivity contribution in [2.45, 2.75) is 24.9 Å². The van der Waals surface area contributed by atoms with Crippen molar-refractivity contribution < 1.29 is 41.0 Å². The number of carboxylic acid groups (broad SMARTS) is 1. The highest BCUT2D eigenvalue weighted by molar-refractivity contribution is 7.10. The topological polar surface area (TPSA) is 59.4 Å². The lowest BCUT2D eigenvalue weighted by Crippen LogP contribution is -2.17. The summed E-state index contributed by atoms with van der Waals surface area (Å²) in [6.07, 6.45) is -8.95. The predicted molar refractivity (Wildman–Crippen MR) is 125 cm³/mol. The highest BCUT2D eigenvalue weighted by Crippen LogP contribution is 2.36. The zero-order chi connectivity index (χ0) is 26.8. The van der Waals surface area contributed by atoms with Gasteiger partial charge in [-0.3, -0.25) is 0 Å². The van der Waals surface area contributed by atoms with Crippen LogP contribution in [-0.2, 0) is 12.6 Å². The van der Waals surface area contributed by atoms with E-state index in [9.17, 15) is 31.1 Å². The quantitative estimate of drug-likeness (QED) is 0.245. The number of hydrogen-bond acceptors (Lipinski definition) is 4. The smallest absolute Gasteiger partial charge is 0.478 e. The van der Waals surface area contributed by atoms with Crippen LogP contribution in [0.2, 0.25) is 0 Å². The standard InChI is InChI=1S/C26H17F6NO3S/c27-25(28,29)19-9-5-17(6-10-19)22-14-37-23(33-22)21(13-15-1-3-18(4-2-15)24(34)35)16-7-11-20(12-8-16)36-26(30,31)32/h1-12,14,21H,13H2,(H,34,35). The van der Waals surface area contributed by atoms with Gasteiger partial charge in [0.05, 0.1) is 16.8 Å². The van der Waals surface area contributed by atoms with Gasteiger partial charge < -0.3 is 9.84 Å². The van der Waals surface area contributed by atoms with Gasteiger partial charge in [0.15, 0.2) is 0 Å². The van der Waals surface area contributed by atoms with E-state index in [4.69, 9.17) is 5.11 Å². The number of aromatic carboxylic acids is 1. The average molecular weight is 537 g/mol. The van der Waals surface area contributed by atoms with Gasteiger partial charge in [-0.05, 0) is 53.9 Å². The largest absolute Gasteiger partial charge is 0.573 e. The number of aromatic nitrogens is 1. The molecule has 0 aliphatic carbocycles. The first-order valence-electron chi connectivity index (χ1n) is 10.7. The average Bonchev–Trinajstić information content (AvgIpc) is 3.32. The molecule has 1 heterocycles. The Bertz CT molecular complexity index is 1360. The number of rotatable bonds is 7. The van der Waals surface area contributed by atoms with Crippen LogP contribution in [0.3, 0.4) is 0 Å². The molecule has 4 aromatic rings.